The minimum Gasteiger partial charge on any atom is -0.494 e. The van der Waals surface area contributed by atoms with E-state index in [1.54, 1.807) is 16.5 Å². The average Bonchev–Trinajstić information content (AvgIpc) is 3.52. The fourth-order valence-electron chi connectivity index (χ4n) is 5.27. The normalized spacial score (nSPS) is 17.7. The van der Waals surface area contributed by atoms with Crippen LogP contribution in [-0.2, 0) is 9.53 Å². The quantitative estimate of drug-likeness (QED) is 0.518. The molecule has 0 unspecified atom stereocenters. The van der Waals surface area contributed by atoms with Gasteiger partial charge in [0.15, 0.2) is 0 Å². The zero-order chi connectivity index (χ0) is 27.2. The van der Waals surface area contributed by atoms with E-state index in [-0.39, 0.29) is 18.0 Å². The molecule has 11 heteroatoms. The number of amides is 2. The molecule has 3 aromatic rings. The number of piperidine rings is 1. The molecule has 2 aliphatic heterocycles. The molecule has 0 N–H and O–H groups in total. The Morgan fingerprint density at radius 1 is 1.08 bits per heavy atom. The van der Waals surface area contributed by atoms with Gasteiger partial charge in [-0.3, -0.25) is 9.48 Å². The number of likely N-dealkylation sites (tertiary alicyclic amines) is 2. The molecule has 0 aromatic carbocycles. The molecule has 0 spiro atoms. The van der Waals surface area contributed by atoms with Crippen molar-refractivity contribution in [3.63, 3.8) is 0 Å². The maximum atomic E-state index is 13.3. The van der Waals surface area contributed by atoms with Crippen LogP contribution in [0.2, 0.25) is 0 Å². The molecule has 2 fully saturated rings. The van der Waals surface area contributed by atoms with Crippen molar-refractivity contribution in [1.29, 1.82) is 5.26 Å². The average molecular weight is 520 g/mol. The van der Waals surface area contributed by atoms with Gasteiger partial charge in [0, 0.05) is 49.7 Å². The first-order chi connectivity index (χ1) is 18.0. The van der Waals surface area contributed by atoms with Gasteiger partial charge in [-0.1, -0.05) is 0 Å². The van der Waals surface area contributed by atoms with Gasteiger partial charge in [-0.2, -0.15) is 15.5 Å². The number of pyridine rings is 1. The molecule has 0 bridgehead atoms. The summed E-state index contributed by atoms with van der Waals surface area (Å²) in [6.45, 7) is 9.47. The van der Waals surface area contributed by atoms with Crippen LogP contribution in [0.15, 0.2) is 30.9 Å². The Morgan fingerprint density at radius 3 is 2.42 bits per heavy atom. The zero-order valence-corrected chi connectivity index (χ0v) is 22.5. The Hall–Kier alpha value is -4.07. The van der Waals surface area contributed by atoms with Crippen LogP contribution < -0.4 is 4.74 Å². The molecule has 38 heavy (non-hydrogen) atoms. The van der Waals surface area contributed by atoms with Crippen molar-refractivity contribution in [2.24, 2.45) is 5.41 Å². The number of carbonyl (C=O) groups excluding carboxylic acids is 2. The molecule has 2 saturated heterocycles. The van der Waals surface area contributed by atoms with E-state index >= 15 is 0 Å². The van der Waals surface area contributed by atoms with Crippen molar-refractivity contribution in [3.05, 3.63) is 36.4 Å². The van der Waals surface area contributed by atoms with Gasteiger partial charge < -0.3 is 19.3 Å². The Labute approximate surface area is 221 Å². The summed E-state index contributed by atoms with van der Waals surface area (Å²) in [4.78, 5) is 29.1. The molecule has 2 aliphatic rings. The van der Waals surface area contributed by atoms with E-state index < -0.39 is 11.0 Å². The monoisotopic (exact) mass is 519 g/mol. The van der Waals surface area contributed by atoms with Crippen LogP contribution in [0.1, 0.15) is 52.1 Å². The smallest absolute Gasteiger partial charge is 0.410 e. The molecule has 11 nitrogen and oxygen atoms in total. The summed E-state index contributed by atoms with van der Waals surface area (Å²) in [5.74, 6) is 0.666. The number of fused-ring (bicyclic) bond motifs is 1. The third kappa shape index (κ3) is 4.66. The maximum absolute atomic E-state index is 13.3. The number of carbonyl (C=O) groups is 2. The number of nitrogens with zero attached hydrogens (tertiary/aromatic N) is 7. The summed E-state index contributed by atoms with van der Waals surface area (Å²) in [5, 5.41) is 18.2. The lowest BCUT2D eigenvalue weighted by atomic mass is 9.80. The summed E-state index contributed by atoms with van der Waals surface area (Å²) in [6, 6.07) is 4.21. The molecule has 5 rings (SSSR count). The fourth-order valence-corrected chi connectivity index (χ4v) is 5.27. The van der Waals surface area contributed by atoms with E-state index in [0.29, 0.717) is 43.0 Å². The standard InChI is InChI=1S/C27H33N7O4/c1-26(2,3)38-25(36)32-16-27(4,17-32)24(35)31-8-6-21(7-9-31)33-15-20(13-29-33)18-10-22(37-5)23-19(11-28)12-30-34(23)14-18/h10,12-15,21H,6-9,16-17H2,1-5H3. The molecule has 3 aromatic heterocycles. The molecular formula is C27H33N7O4. The molecule has 200 valence electrons. The van der Waals surface area contributed by atoms with Crippen LogP contribution in [0.4, 0.5) is 4.79 Å². The van der Waals surface area contributed by atoms with Gasteiger partial charge in [0.05, 0.1) is 31.0 Å². The number of methoxy groups -OCH3 is 1. The Kier molecular flexibility index (Phi) is 6.29. The largest absolute Gasteiger partial charge is 0.494 e. The maximum Gasteiger partial charge on any atom is 0.410 e. The SMILES string of the molecule is COc1cc(-c2cnn(C3CCN(C(=O)C4(C)CN(C(=O)OC(C)(C)C)C4)CC3)c2)cn2ncc(C#N)c12. The molecule has 0 radical (unpaired) electrons. The number of nitriles is 1. The van der Waals surface area contributed by atoms with Crippen molar-refractivity contribution < 1.29 is 19.1 Å². The van der Waals surface area contributed by atoms with Crippen LogP contribution in [0.5, 0.6) is 5.75 Å². The van der Waals surface area contributed by atoms with E-state index in [4.69, 9.17) is 9.47 Å². The summed E-state index contributed by atoms with van der Waals surface area (Å²) < 4.78 is 14.6. The minimum absolute atomic E-state index is 0.0910. The van der Waals surface area contributed by atoms with Crippen LogP contribution in [0, 0.1) is 16.7 Å². The van der Waals surface area contributed by atoms with Gasteiger partial charge in [0.2, 0.25) is 5.91 Å². The van der Waals surface area contributed by atoms with Crippen molar-refractivity contribution in [2.45, 2.75) is 52.2 Å². The minimum atomic E-state index is -0.571. The van der Waals surface area contributed by atoms with E-state index in [2.05, 4.69) is 16.3 Å². The third-order valence-corrected chi connectivity index (χ3v) is 7.23. The second kappa shape index (κ2) is 9.35. The third-order valence-electron chi connectivity index (χ3n) is 7.23. The molecule has 2 amide bonds. The highest BCUT2D eigenvalue weighted by molar-refractivity contribution is 5.86. The molecule has 0 atom stereocenters. The Morgan fingerprint density at radius 2 is 1.79 bits per heavy atom. The van der Waals surface area contributed by atoms with Gasteiger partial charge in [-0.25, -0.2) is 9.31 Å². The lowest BCUT2D eigenvalue weighted by Crippen LogP contribution is -2.64. The van der Waals surface area contributed by atoms with Gasteiger partial charge >= 0.3 is 6.09 Å². The summed E-state index contributed by atoms with van der Waals surface area (Å²) >= 11 is 0. The van der Waals surface area contributed by atoms with E-state index in [9.17, 15) is 14.9 Å². The number of hydrogen-bond acceptors (Lipinski definition) is 7. The van der Waals surface area contributed by atoms with Crippen LogP contribution in [0.25, 0.3) is 16.6 Å². The van der Waals surface area contributed by atoms with Gasteiger partial charge in [-0.05, 0) is 46.6 Å². The first-order valence-electron chi connectivity index (χ1n) is 12.8. The first-order valence-corrected chi connectivity index (χ1v) is 12.8. The summed E-state index contributed by atoms with van der Waals surface area (Å²) in [5.41, 5.74) is 1.77. The van der Waals surface area contributed by atoms with E-state index in [1.165, 1.54) is 6.20 Å². The predicted octanol–water partition coefficient (Wildman–Crippen LogP) is 3.50. The van der Waals surface area contributed by atoms with Crippen LogP contribution in [-0.4, -0.2) is 80.1 Å². The summed E-state index contributed by atoms with van der Waals surface area (Å²) in [7, 11) is 1.57. The van der Waals surface area contributed by atoms with Gasteiger partial charge in [0.1, 0.15) is 28.5 Å². The van der Waals surface area contributed by atoms with Crippen molar-refractivity contribution in [3.8, 4) is 22.9 Å². The topological polar surface area (TPSA) is 118 Å². The first kappa shape index (κ1) is 25.6. The van der Waals surface area contributed by atoms with Crippen LogP contribution >= 0.6 is 0 Å². The Balaban J connectivity index is 1.21. The van der Waals surface area contributed by atoms with Gasteiger partial charge in [0.25, 0.3) is 0 Å². The lowest BCUT2D eigenvalue weighted by Gasteiger charge is -2.49. The predicted molar refractivity (Wildman–Crippen MR) is 138 cm³/mol. The molecule has 5 heterocycles. The highest BCUT2D eigenvalue weighted by atomic mass is 16.6. The van der Waals surface area contributed by atoms with Crippen LogP contribution in [0.3, 0.4) is 0 Å². The van der Waals surface area contributed by atoms with E-state index in [0.717, 1.165) is 24.0 Å². The number of ether oxygens (including phenoxy) is 2. The molecular weight excluding hydrogens is 486 g/mol. The van der Waals surface area contributed by atoms with E-state index in [1.807, 2.05) is 61.9 Å². The summed E-state index contributed by atoms with van der Waals surface area (Å²) in [6.07, 6.45) is 8.43. The lowest BCUT2D eigenvalue weighted by molar-refractivity contribution is -0.151. The number of rotatable bonds is 4. The Bertz CT molecular complexity index is 1410. The highest BCUT2D eigenvalue weighted by Gasteiger charge is 2.50. The number of hydrogen-bond donors (Lipinski definition) is 0. The second-order valence-electron chi connectivity index (χ2n) is 11.4. The fraction of sp³-hybridized carbons (Fsp3) is 0.519. The van der Waals surface area contributed by atoms with Crippen molar-refractivity contribution >= 4 is 17.5 Å². The van der Waals surface area contributed by atoms with Gasteiger partial charge in [-0.15, -0.1) is 0 Å². The van der Waals surface area contributed by atoms with Crippen molar-refractivity contribution in [1.82, 2.24) is 29.2 Å². The van der Waals surface area contributed by atoms with Crippen molar-refractivity contribution in [2.75, 3.05) is 33.3 Å². The second-order valence-corrected chi connectivity index (χ2v) is 11.4. The highest BCUT2D eigenvalue weighted by Crippen LogP contribution is 2.36. The number of aromatic nitrogens is 4. The molecule has 0 saturated carbocycles. The zero-order valence-electron chi connectivity index (χ0n) is 22.5. The molecule has 0 aliphatic carbocycles.